The first-order valence-electron chi connectivity index (χ1n) is 9.49. The molecule has 1 aliphatic carbocycles. The number of aryl methyl sites for hydroxylation is 1. The van der Waals surface area contributed by atoms with E-state index in [0.717, 1.165) is 45.2 Å². The molecule has 136 valence electrons. The van der Waals surface area contributed by atoms with E-state index in [0.29, 0.717) is 17.5 Å². The lowest BCUT2D eigenvalue weighted by atomic mass is 9.94. The summed E-state index contributed by atoms with van der Waals surface area (Å²) in [5.74, 6) is 2.91. The third-order valence-electron chi connectivity index (χ3n) is 5.77. The van der Waals surface area contributed by atoms with E-state index in [1.165, 1.54) is 22.8 Å². The van der Waals surface area contributed by atoms with Crippen LogP contribution in [0.3, 0.4) is 0 Å². The summed E-state index contributed by atoms with van der Waals surface area (Å²) in [7, 11) is 0. The van der Waals surface area contributed by atoms with Gasteiger partial charge in [0.15, 0.2) is 0 Å². The maximum absolute atomic E-state index is 4.71. The number of hydrogen-bond acceptors (Lipinski definition) is 7. The Labute approximate surface area is 155 Å². The van der Waals surface area contributed by atoms with Crippen molar-refractivity contribution in [3.05, 3.63) is 41.9 Å². The minimum absolute atomic E-state index is 0.370. The Hall–Kier alpha value is -3.10. The van der Waals surface area contributed by atoms with Gasteiger partial charge in [0.25, 0.3) is 11.6 Å². The molecule has 27 heavy (non-hydrogen) atoms. The SMILES string of the molecule is c1cc(C2CCCN(c3c4c(nc5ncnn35)CCC4)C2)n2ncnc2n1. The van der Waals surface area contributed by atoms with Gasteiger partial charge in [0.2, 0.25) is 0 Å². The Kier molecular flexibility index (Phi) is 3.17. The zero-order valence-corrected chi connectivity index (χ0v) is 14.9. The summed E-state index contributed by atoms with van der Waals surface area (Å²) >= 11 is 0. The van der Waals surface area contributed by atoms with Crippen LogP contribution in [0.5, 0.6) is 0 Å². The normalized spacial score (nSPS) is 19.9. The Morgan fingerprint density at radius 3 is 2.78 bits per heavy atom. The van der Waals surface area contributed by atoms with Gasteiger partial charge in [-0.3, -0.25) is 0 Å². The van der Waals surface area contributed by atoms with Crippen LogP contribution in [0.25, 0.3) is 11.6 Å². The molecule has 0 radical (unpaired) electrons. The molecular weight excluding hydrogens is 342 g/mol. The van der Waals surface area contributed by atoms with E-state index < -0.39 is 0 Å². The Morgan fingerprint density at radius 1 is 0.926 bits per heavy atom. The van der Waals surface area contributed by atoms with Crippen LogP contribution in [0.4, 0.5) is 5.82 Å². The molecule has 4 aromatic rings. The van der Waals surface area contributed by atoms with E-state index in [1.807, 2.05) is 15.2 Å². The lowest BCUT2D eigenvalue weighted by Gasteiger charge is -2.35. The molecule has 1 fully saturated rings. The average molecular weight is 361 g/mol. The second-order valence-electron chi connectivity index (χ2n) is 7.31. The first-order valence-corrected chi connectivity index (χ1v) is 9.49. The van der Waals surface area contributed by atoms with Gasteiger partial charge in [-0.05, 0) is 38.2 Å². The number of aromatic nitrogens is 8. The Bertz CT molecular complexity index is 1140. The van der Waals surface area contributed by atoms with Crippen molar-refractivity contribution in [3.63, 3.8) is 0 Å². The van der Waals surface area contributed by atoms with Gasteiger partial charge in [0.1, 0.15) is 18.5 Å². The highest BCUT2D eigenvalue weighted by atomic mass is 15.4. The standard InChI is InChI=1S/C18H19N9/c1-4-13-14(5-1)24-18-21-11-23-27(18)16(13)25-8-2-3-12(9-25)15-6-7-19-17-20-10-22-26(15)17/h6-7,10-12H,1-5,8-9H2. The number of piperidine rings is 1. The molecule has 1 saturated heterocycles. The van der Waals surface area contributed by atoms with Gasteiger partial charge in [0, 0.05) is 30.8 Å². The zero-order valence-electron chi connectivity index (χ0n) is 14.9. The van der Waals surface area contributed by atoms with E-state index in [9.17, 15) is 0 Å². The number of rotatable bonds is 2. The molecule has 1 aliphatic heterocycles. The fourth-order valence-corrected chi connectivity index (χ4v) is 4.60. The van der Waals surface area contributed by atoms with Crippen LogP contribution >= 0.6 is 0 Å². The molecule has 2 aliphatic rings. The largest absolute Gasteiger partial charge is 0.355 e. The molecule has 0 saturated carbocycles. The molecule has 9 nitrogen and oxygen atoms in total. The second kappa shape index (κ2) is 5.70. The van der Waals surface area contributed by atoms with Crippen molar-refractivity contribution in [2.75, 3.05) is 18.0 Å². The van der Waals surface area contributed by atoms with E-state index in [1.54, 1.807) is 12.7 Å². The summed E-state index contributed by atoms with van der Waals surface area (Å²) in [6.07, 6.45) is 10.5. The molecule has 5 heterocycles. The Balaban J connectivity index is 1.44. The van der Waals surface area contributed by atoms with Crippen molar-refractivity contribution in [2.24, 2.45) is 0 Å². The van der Waals surface area contributed by atoms with Crippen LogP contribution < -0.4 is 4.90 Å². The van der Waals surface area contributed by atoms with E-state index >= 15 is 0 Å². The number of anilines is 1. The predicted molar refractivity (Wildman–Crippen MR) is 97.8 cm³/mol. The molecule has 0 spiro atoms. The molecule has 0 N–H and O–H groups in total. The summed E-state index contributed by atoms with van der Waals surface area (Å²) in [6.45, 7) is 1.94. The molecule has 1 unspecified atom stereocenters. The maximum atomic E-state index is 4.71. The zero-order chi connectivity index (χ0) is 17.8. The quantitative estimate of drug-likeness (QED) is 0.533. The summed E-state index contributed by atoms with van der Waals surface area (Å²) in [4.78, 5) is 20.1. The number of nitrogens with zero attached hydrogens (tertiary/aromatic N) is 9. The van der Waals surface area contributed by atoms with Crippen LogP contribution in [0, 0.1) is 0 Å². The third-order valence-corrected chi connectivity index (χ3v) is 5.77. The molecule has 6 rings (SSSR count). The summed E-state index contributed by atoms with van der Waals surface area (Å²) in [5, 5.41) is 8.85. The van der Waals surface area contributed by atoms with Gasteiger partial charge in [-0.1, -0.05) is 0 Å². The fraction of sp³-hybridized carbons (Fsp3) is 0.444. The average Bonchev–Trinajstić information content (AvgIpc) is 3.45. The minimum atomic E-state index is 0.370. The van der Waals surface area contributed by atoms with Gasteiger partial charge in [-0.2, -0.15) is 24.7 Å². The molecule has 9 heteroatoms. The van der Waals surface area contributed by atoms with Gasteiger partial charge < -0.3 is 4.90 Å². The fourth-order valence-electron chi connectivity index (χ4n) is 4.60. The molecule has 1 atom stereocenters. The van der Waals surface area contributed by atoms with E-state index in [-0.39, 0.29) is 0 Å². The first kappa shape index (κ1) is 15.0. The van der Waals surface area contributed by atoms with Gasteiger partial charge >= 0.3 is 0 Å². The first-order chi connectivity index (χ1) is 13.4. The minimum Gasteiger partial charge on any atom is -0.355 e. The highest BCUT2D eigenvalue weighted by Crippen LogP contribution is 2.35. The molecule has 0 amide bonds. The third kappa shape index (κ3) is 2.23. The van der Waals surface area contributed by atoms with Crippen LogP contribution in [0.2, 0.25) is 0 Å². The van der Waals surface area contributed by atoms with Gasteiger partial charge in [-0.25, -0.2) is 14.5 Å². The van der Waals surface area contributed by atoms with Crippen molar-refractivity contribution in [2.45, 2.75) is 38.0 Å². The number of fused-ring (bicyclic) bond motifs is 3. The van der Waals surface area contributed by atoms with Crippen LogP contribution in [0.1, 0.15) is 42.1 Å². The van der Waals surface area contributed by atoms with Crippen LogP contribution in [-0.4, -0.2) is 52.3 Å². The Morgan fingerprint density at radius 2 is 1.81 bits per heavy atom. The van der Waals surface area contributed by atoms with Crippen molar-refractivity contribution >= 4 is 17.4 Å². The van der Waals surface area contributed by atoms with Crippen molar-refractivity contribution < 1.29 is 0 Å². The number of hydrogen-bond donors (Lipinski definition) is 0. The lowest BCUT2D eigenvalue weighted by Crippen LogP contribution is -2.37. The molecule has 0 aromatic carbocycles. The topological polar surface area (TPSA) is 89.4 Å². The highest BCUT2D eigenvalue weighted by Gasteiger charge is 2.30. The van der Waals surface area contributed by atoms with E-state index in [4.69, 9.17) is 4.98 Å². The monoisotopic (exact) mass is 361 g/mol. The highest BCUT2D eigenvalue weighted by molar-refractivity contribution is 5.56. The van der Waals surface area contributed by atoms with Gasteiger partial charge in [-0.15, -0.1) is 0 Å². The second-order valence-corrected chi connectivity index (χ2v) is 7.31. The lowest BCUT2D eigenvalue weighted by molar-refractivity contribution is 0.486. The molecule has 4 aromatic heterocycles. The summed E-state index contributed by atoms with van der Waals surface area (Å²) < 4.78 is 3.79. The maximum Gasteiger partial charge on any atom is 0.254 e. The van der Waals surface area contributed by atoms with Gasteiger partial charge in [0.05, 0.1) is 11.4 Å². The molecule has 0 bridgehead atoms. The smallest absolute Gasteiger partial charge is 0.254 e. The summed E-state index contributed by atoms with van der Waals surface area (Å²) in [5.41, 5.74) is 3.70. The van der Waals surface area contributed by atoms with Crippen LogP contribution in [0.15, 0.2) is 24.9 Å². The van der Waals surface area contributed by atoms with E-state index in [2.05, 4.69) is 36.1 Å². The predicted octanol–water partition coefficient (Wildman–Crippen LogP) is 1.43. The van der Waals surface area contributed by atoms with Crippen molar-refractivity contribution in [1.29, 1.82) is 0 Å². The summed E-state index contributed by atoms with van der Waals surface area (Å²) in [6, 6.07) is 2.07. The molecular formula is C18H19N9. The van der Waals surface area contributed by atoms with Crippen LogP contribution in [-0.2, 0) is 12.8 Å². The van der Waals surface area contributed by atoms with Crippen molar-refractivity contribution in [1.82, 2.24) is 39.2 Å². The van der Waals surface area contributed by atoms with Crippen molar-refractivity contribution in [3.8, 4) is 0 Å².